The van der Waals surface area contributed by atoms with E-state index in [-0.39, 0.29) is 58.5 Å². The van der Waals surface area contributed by atoms with E-state index in [1.807, 2.05) is 38.0 Å². The number of nitrogens with one attached hydrogen (secondary N) is 4. The summed E-state index contributed by atoms with van der Waals surface area (Å²) in [6.07, 6.45) is 0. The molecule has 204 valence electrons. The molecule has 1 aliphatic carbocycles. The van der Waals surface area contributed by atoms with Crippen LogP contribution in [0.3, 0.4) is 0 Å². The third kappa shape index (κ3) is 6.58. The van der Waals surface area contributed by atoms with Crippen LogP contribution >= 0.6 is 0 Å². The van der Waals surface area contributed by atoms with Gasteiger partial charge in [-0.05, 0) is 52.5 Å². The number of carbonyl (C=O) groups is 4. The van der Waals surface area contributed by atoms with Gasteiger partial charge in [0, 0.05) is 37.6 Å². The van der Waals surface area contributed by atoms with Crippen molar-refractivity contribution in [2.75, 3.05) is 78.1 Å². The number of fused-ring (bicyclic) bond motifs is 2. The summed E-state index contributed by atoms with van der Waals surface area (Å²) in [7, 11) is 7.52. The minimum atomic E-state index is -0.697. The van der Waals surface area contributed by atoms with Gasteiger partial charge in [0.15, 0.2) is 0 Å². The van der Waals surface area contributed by atoms with E-state index in [1.165, 1.54) is 24.3 Å². The summed E-state index contributed by atoms with van der Waals surface area (Å²) in [5.41, 5.74) is -0.436. The zero-order chi connectivity index (χ0) is 28.0. The SMILES string of the molecule is CN(C)CCNC(=O)CNc1ccc(O)c2c1C(=O)c1c(O)ccc(NCC(=O)NCCN(C)C)c1C2=O. The summed E-state index contributed by atoms with van der Waals surface area (Å²) in [4.78, 5) is 55.4. The molecule has 6 N–H and O–H groups in total. The van der Waals surface area contributed by atoms with E-state index in [9.17, 15) is 29.4 Å². The first-order valence-electron chi connectivity index (χ1n) is 12.1. The second-order valence-corrected chi connectivity index (χ2v) is 9.44. The van der Waals surface area contributed by atoms with Crippen molar-refractivity contribution in [2.45, 2.75) is 0 Å². The lowest BCUT2D eigenvalue weighted by Crippen LogP contribution is -2.35. The van der Waals surface area contributed by atoms with E-state index in [4.69, 9.17) is 0 Å². The molecule has 0 unspecified atom stereocenters. The second-order valence-electron chi connectivity index (χ2n) is 9.44. The first kappa shape index (κ1) is 28.4. The Kier molecular flexibility index (Phi) is 9.26. The van der Waals surface area contributed by atoms with Gasteiger partial charge >= 0.3 is 0 Å². The third-order valence-electron chi connectivity index (χ3n) is 5.92. The molecule has 0 aromatic heterocycles. The van der Waals surface area contributed by atoms with Gasteiger partial charge < -0.3 is 41.3 Å². The maximum absolute atomic E-state index is 13.6. The molecule has 2 aromatic carbocycles. The number of likely N-dealkylation sites (N-methyl/N-ethyl adjacent to an activating group) is 2. The summed E-state index contributed by atoms with van der Waals surface area (Å²) >= 11 is 0. The number of anilines is 2. The summed E-state index contributed by atoms with van der Waals surface area (Å²) in [6, 6.07) is 5.31. The van der Waals surface area contributed by atoms with Crippen molar-refractivity contribution in [3.05, 3.63) is 46.5 Å². The third-order valence-corrected chi connectivity index (χ3v) is 5.92. The van der Waals surface area contributed by atoms with E-state index in [1.54, 1.807) is 0 Å². The van der Waals surface area contributed by atoms with Crippen LogP contribution in [0.25, 0.3) is 0 Å². The van der Waals surface area contributed by atoms with E-state index in [0.717, 1.165) is 0 Å². The Balaban J connectivity index is 1.84. The van der Waals surface area contributed by atoms with E-state index in [2.05, 4.69) is 21.3 Å². The Labute approximate surface area is 221 Å². The van der Waals surface area contributed by atoms with Gasteiger partial charge in [-0.2, -0.15) is 0 Å². The molecular weight excluding hydrogens is 492 g/mol. The quantitative estimate of drug-likeness (QED) is 0.178. The second kappa shape index (κ2) is 12.4. The predicted octanol–water partition coefficient (Wildman–Crippen LogP) is 0.0526. The van der Waals surface area contributed by atoms with Crippen LogP contribution in [0.1, 0.15) is 31.8 Å². The molecule has 12 nitrogen and oxygen atoms in total. The number of ketones is 2. The van der Waals surface area contributed by atoms with Crippen LogP contribution in [0.5, 0.6) is 11.5 Å². The average molecular weight is 527 g/mol. The number of hydrogen-bond acceptors (Lipinski definition) is 10. The van der Waals surface area contributed by atoms with Crippen LogP contribution in [0.15, 0.2) is 24.3 Å². The highest BCUT2D eigenvalue weighted by molar-refractivity contribution is 6.33. The number of carbonyl (C=O) groups excluding carboxylic acids is 4. The molecule has 0 fully saturated rings. The van der Waals surface area contributed by atoms with Gasteiger partial charge in [-0.15, -0.1) is 0 Å². The topological polar surface area (TPSA) is 163 Å². The highest BCUT2D eigenvalue weighted by Crippen LogP contribution is 2.42. The maximum atomic E-state index is 13.6. The Morgan fingerprint density at radius 2 is 1.03 bits per heavy atom. The summed E-state index contributed by atoms with van der Waals surface area (Å²) in [6.45, 7) is 1.83. The number of amides is 2. The van der Waals surface area contributed by atoms with Crippen LogP contribution in [-0.2, 0) is 9.59 Å². The standard InChI is InChI=1S/C26H34N6O6/c1-31(2)11-9-27-19(35)13-29-15-5-7-17(33)23-21(15)25(37)24-18(34)8-6-16(22(24)26(23)38)30-14-20(36)28-10-12-32(3)4/h5-8,29-30,33-34H,9-14H2,1-4H3,(H,27,35)(H,28,36). The van der Waals surface area contributed by atoms with Gasteiger partial charge in [-0.1, -0.05) is 0 Å². The van der Waals surface area contributed by atoms with Gasteiger partial charge in [0.25, 0.3) is 0 Å². The highest BCUT2D eigenvalue weighted by atomic mass is 16.3. The van der Waals surface area contributed by atoms with Crippen LogP contribution in [0, 0.1) is 0 Å². The molecule has 2 amide bonds. The zero-order valence-electron chi connectivity index (χ0n) is 22.0. The number of aromatic hydroxyl groups is 2. The van der Waals surface area contributed by atoms with Crippen molar-refractivity contribution >= 4 is 34.8 Å². The molecule has 12 heteroatoms. The monoisotopic (exact) mass is 526 g/mol. The lowest BCUT2D eigenvalue weighted by atomic mass is 9.81. The molecule has 3 rings (SSSR count). The minimum Gasteiger partial charge on any atom is -0.507 e. The Morgan fingerprint density at radius 1 is 0.658 bits per heavy atom. The molecule has 38 heavy (non-hydrogen) atoms. The van der Waals surface area contributed by atoms with Crippen molar-refractivity contribution in [2.24, 2.45) is 0 Å². The van der Waals surface area contributed by atoms with Crippen LogP contribution in [0.2, 0.25) is 0 Å². The first-order valence-corrected chi connectivity index (χ1v) is 12.1. The van der Waals surface area contributed by atoms with E-state index >= 15 is 0 Å². The van der Waals surface area contributed by atoms with Gasteiger partial charge in [0.05, 0.1) is 35.3 Å². The maximum Gasteiger partial charge on any atom is 0.239 e. The molecular formula is C26H34N6O6. The molecule has 0 heterocycles. The molecule has 0 atom stereocenters. The minimum absolute atomic E-state index is 0.141. The fourth-order valence-corrected chi connectivity index (χ4v) is 3.97. The van der Waals surface area contributed by atoms with Gasteiger partial charge in [0.2, 0.25) is 23.4 Å². The number of phenolic OH excluding ortho intramolecular Hbond substituents is 2. The predicted molar refractivity (Wildman–Crippen MR) is 143 cm³/mol. The number of phenols is 2. The van der Waals surface area contributed by atoms with Gasteiger partial charge in [-0.25, -0.2) is 0 Å². The van der Waals surface area contributed by atoms with Crippen molar-refractivity contribution < 1.29 is 29.4 Å². The molecule has 0 saturated heterocycles. The molecule has 2 aromatic rings. The smallest absolute Gasteiger partial charge is 0.239 e. The van der Waals surface area contributed by atoms with Crippen molar-refractivity contribution in [3.63, 3.8) is 0 Å². The Bertz CT molecular complexity index is 1150. The molecule has 0 radical (unpaired) electrons. The van der Waals surface area contributed by atoms with Crippen molar-refractivity contribution in [1.82, 2.24) is 20.4 Å². The fraction of sp³-hybridized carbons (Fsp3) is 0.385. The summed E-state index contributed by atoms with van der Waals surface area (Å²) in [5, 5.41) is 32.2. The lowest BCUT2D eigenvalue weighted by Gasteiger charge is -2.24. The summed E-state index contributed by atoms with van der Waals surface area (Å²) in [5.74, 6) is -2.86. The average Bonchev–Trinajstić information content (AvgIpc) is 2.85. The number of hydrogen-bond donors (Lipinski definition) is 6. The zero-order valence-corrected chi connectivity index (χ0v) is 22.0. The van der Waals surface area contributed by atoms with Gasteiger partial charge in [-0.3, -0.25) is 19.2 Å². The highest BCUT2D eigenvalue weighted by Gasteiger charge is 2.38. The Hall–Kier alpha value is -4.16. The van der Waals surface area contributed by atoms with Crippen LogP contribution < -0.4 is 21.3 Å². The van der Waals surface area contributed by atoms with Crippen LogP contribution in [0.4, 0.5) is 11.4 Å². The first-order chi connectivity index (χ1) is 18.0. The molecule has 0 spiro atoms. The summed E-state index contributed by atoms with van der Waals surface area (Å²) < 4.78 is 0. The molecule has 1 aliphatic rings. The van der Waals surface area contributed by atoms with Crippen molar-refractivity contribution in [3.8, 4) is 11.5 Å². The molecule has 0 bridgehead atoms. The largest absolute Gasteiger partial charge is 0.507 e. The molecule has 0 saturated carbocycles. The van der Waals surface area contributed by atoms with E-state index < -0.39 is 23.1 Å². The molecule has 0 aliphatic heterocycles. The Morgan fingerprint density at radius 3 is 1.37 bits per heavy atom. The van der Waals surface area contributed by atoms with E-state index in [0.29, 0.717) is 26.2 Å². The van der Waals surface area contributed by atoms with Crippen molar-refractivity contribution in [1.29, 1.82) is 0 Å². The van der Waals surface area contributed by atoms with Crippen LogP contribution in [-0.4, -0.2) is 111 Å². The number of benzene rings is 2. The lowest BCUT2D eigenvalue weighted by molar-refractivity contribution is -0.120. The normalized spacial score (nSPS) is 12.3. The number of nitrogens with zero attached hydrogens (tertiary/aromatic N) is 2. The fourth-order valence-electron chi connectivity index (χ4n) is 3.97. The van der Waals surface area contributed by atoms with Gasteiger partial charge in [0.1, 0.15) is 11.5 Å². The number of rotatable bonds is 12.